The first-order valence-electron chi connectivity index (χ1n) is 6.47. The van der Waals surface area contributed by atoms with Gasteiger partial charge in [-0.25, -0.2) is 0 Å². The number of benzene rings is 1. The van der Waals surface area contributed by atoms with E-state index in [4.69, 9.17) is 0 Å². The quantitative estimate of drug-likeness (QED) is 0.527. The van der Waals surface area contributed by atoms with Crippen molar-refractivity contribution in [3.05, 3.63) is 60.6 Å². The first-order valence-corrected chi connectivity index (χ1v) is 6.47. The number of aromatic nitrogens is 4. The van der Waals surface area contributed by atoms with E-state index in [-0.39, 0.29) is 0 Å². The molecule has 0 bridgehead atoms. The Balaban J connectivity index is 1.96. The van der Waals surface area contributed by atoms with Crippen molar-refractivity contribution in [1.29, 1.82) is 0 Å². The van der Waals surface area contributed by atoms with Gasteiger partial charge in [-0.1, -0.05) is 12.1 Å². The summed E-state index contributed by atoms with van der Waals surface area (Å²) in [5.41, 5.74) is 3.11. The summed E-state index contributed by atoms with van der Waals surface area (Å²) in [6.07, 6.45) is 5.68. The maximum absolute atomic E-state index is 4.31. The van der Waals surface area contributed by atoms with Gasteiger partial charge in [-0.3, -0.25) is 9.38 Å². The number of fused-ring (bicyclic) bond motifs is 2. The van der Waals surface area contributed by atoms with Gasteiger partial charge >= 0.3 is 0 Å². The third-order valence-corrected chi connectivity index (χ3v) is 3.46. The second-order valence-corrected chi connectivity index (χ2v) is 4.89. The Morgan fingerprint density at radius 3 is 2.85 bits per heavy atom. The molecule has 4 nitrogen and oxygen atoms in total. The number of nitrogens with zero attached hydrogens (tertiary/aromatic N) is 4. The Hall–Kier alpha value is -2.75. The fourth-order valence-electron chi connectivity index (χ4n) is 2.41. The molecule has 0 aliphatic carbocycles. The molecule has 4 heteroatoms. The lowest BCUT2D eigenvalue weighted by atomic mass is 10.1. The van der Waals surface area contributed by atoms with Crippen molar-refractivity contribution in [2.75, 3.05) is 0 Å². The second-order valence-electron chi connectivity index (χ2n) is 4.89. The zero-order chi connectivity index (χ0) is 13.5. The monoisotopic (exact) mass is 260 g/mol. The van der Waals surface area contributed by atoms with Crippen LogP contribution in [0, 0.1) is 6.92 Å². The molecule has 20 heavy (non-hydrogen) atoms. The molecule has 0 N–H and O–H groups in total. The van der Waals surface area contributed by atoms with Crippen molar-refractivity contribution >= 4 is 16.4 Å². The van der Waals surface area contributed by atoms with Crippen molar-refractivity contribution in [3.63, 3.8) is 0 Å². The SMILES string of the molecule is Cc1ccn2c(-c3ccc4cnccc4c3)nnc2c1. The van der Waals surface area contributed by atoms with Gasteiger partial charge in [-0.15, -0.1) is 10.2 Å². The largest absolute Gasteiger partial charge is 0.282 e. The van der Waals surface area contributed by atoms with Gasteiger partial charge < -0.3 is 0 Å². The van der Waals surface area contributed by atoms with Crippen LogP contribution in [0.3, 0.4) is 0 Å². The van der Waals surface area contributed by atoms with Crippen LogP contribution in [0.25, 0.3) is 27.8 Å². The Bertz CT molecular complexity index is 924. The molecule has 0 saturated carbocycles. The molecule has 3 heterocycles. The van der Waals surface area contributed by atoms with Crippen LogP contribution in [-0.4, -0.2) is 19.6 Å². The molecule has 3 aromatic heterocycles. The number of aryl methyl sites for hydroxylation is 1. The predicted octanol–water partition coefficient (Wildman–Crippen LogP) is 3.25. The predicted molar refractivity (Wildman–Crippen MR) is 78.5 cm³/mol. The van der Waals surface area contributed by atoms with Gasteiger partial charge in [-0.2, -0.15) is 0 Å². The first-order chi connectivity index (χ1) is 9.81. The van der Waals surface area contributed by atoms with Crippen molar-refractivity contribution in [3.8, 4) is 11.4 Å². The number of hydrogen-bond donors (Lipinski definition) is 0. The van der Waals surface area contributed by atoms with Gasteiger partial charge in [0.15, 0.2) is 11.5 Å². The molecule has 4 rings (SSSR count). The molecule has 0 unspecified atom stereocenters. The Morgan fingerprint density at radius 2 is 1.90 bits per heavy atom. The zero-order valence-corrected chi connectivity index (χ0v) is 11.0. The third-order valence-electron chi connectivity index (χ3n) is 3.46. The number of rotatable bonds is 1. The van der Waals surface area contributed by atoms with Crippen LogP contribution >= 0.6 is 0 Å². The van der Waals surface area contributed by atoms with Crippen molar-refractivity contribution in [1.82, 2.24) is 19.6 Å². The van der Waals surface area contributed by atoms with E-state index in [1.54, 1.807) is 6.20 Å². The van der Waals surface area contributed by atoms with Gasteiger partial charge in [0.25, 0.3) is 0 Å². The lowest BCUT2D eigenvalue weighted by molar-refractivity contribution is 1.11. The molecule has 0 spiro atoms. The van der Waals surface area contributed by atoms with E-state index in [1.807, 2.05) is 28.9 Å². The summed E-state index contributed by atoms with van der Waals surface area (Å²) in [4.78, 5) is 4.13. The molecule has 0 aliphatic heterocycles. The van der Waals surface area contributed by atoms with E-state index in [2.05, 4.69) is 46.4 Å². The summed E-state index contributed by atoms with van der Waals surface area (Å²) < 4.78 is 2.01. The van der Waals surface area contributed by atoms with Crippen molar-refractivity contribution in [2.24, 2.45) is 0 Å². The third kappa shape index (κ3) is 1.66. The van der Waals surface area contributed by atoms with Gasteiger partial charge in [0.1, 0.15) is 0 Å². The highest BCUT2D eigenvalue weighted by atomic mass is 15.2. The highest BCUT2D eigenvalue weighted by molar-refractivity contribution is 5.85. The highest BCUT2D eigenvalue weighted by Crippen LogP contribution is 2.23. The van der Waals surface area contributed by atoms with Gasteiger partial charge in [0.05, 0.1) is 0 Å². The molecule has 96 valence electrons. The lowest BCUT2D eigenvalue weighted by Crippen LogP contribution is -1.89. The maximum Gasteiger partial charge on any atom is 0.168 e. The van der Waals surface area contributed by atoms with Gasteiger partial charge in [0.2, 0.25) is 0 Å². The van der Waals surface area contributed by atoms with Crippen LogP contribution in [0.1, 0.15) is 5.56 Å². The molecule has 0 radical (unpaired) electrons. The molecule has 0 fully saturated rings. The zero-order valence-electron chi connectivity index (χ0n) is 11.0. The molecular weight excluding hydrogens is 248 g/mol. The average molecular weight is 260 g/mol. The van der Waals surface area contributed by atoms with Gasteiger partial charge in [0, 0.05) is 29.5 Å². The minimum absolute atomic E-state index is 0.860. The standard InChI is InChI=1S/C16H12N4/c1-11-5-7-20-15(8-11)18-19-16(20)13-2-3-14-10-17-6-4-12(14)9-13/h2-10H,1H3. The smallest absolute Gasteiger partial charge is 0.168 e. The molecular formula is C16H12N4. The van der Waals surface area contributed by atoms with Crippen LogP contribution in [-0.2, 0) is 0 Å². The van der Waals surface area contributed by atoms with E-state index >= 15 is 0 Å². The Kier molecular flexibility index (Phi) is 2.29. The first kappa shape index (κ1) is 11.1. The van der Waals surface area contributed by atoms with Crippen molar-refractivity contribution < 1.29 is 0 Å². The summed E-state index contributed by atoms with van der Waals surface area (Å²) in [5.74, 6) is 0.860. The molecule has 0 aliphatic rings. The summed E-state index contributed by atoms with van der Waals surface area (Å²) in [6.45, 7) is 2.05. The fraction of sp³-hybridized carbons (Fsp3) is 0.0625. The summed E-state index contributed by atoms with van der Waals surface area (Å²) in [7, 11) is 0. The van der Waals surface area contributed by atoms with Crippen LogP contribution in [0.4, 0.5) is 0 Å². The normalized spacial score (nSPS) is 11.2. The Labute approximate surface area is 115 Å². The average Bonchev–Trinajstić information content (AvgIpc) is 2.89. The number of pyridine rings is 2. The molecule has 4 aromatic rings. The molecule has 1 aromatic carbocycles. The van der Waals surface area contributed by atoms with Crippen LogP contribution < -0.4 is 0 Å². The van der Waals surface area contributed by atoms with E-state index in [1.165, 1.54) is 5.56 Å². The summed E-state index contributed by atoms with van der Waals surface area (Å²) >= 11 is 0. The minimum atomic E-state index is 0.860. The highest BCUT2D eigenvalue weighted by Gasteiger charge is 2.08. The molecule has 0 atom stereocenters. The molecule has 0 amide bonds. The van der Waals surface area contributed by atoms with Crippen molar-refractivity contribution in [2.45, 2.75) is 6.92 Å². The minimum Gasteiger partial charge on any atom is -0.282 e. The molecule has 0 saturated heterocycles. The Morgan fingerprint density at radius 1 is 0.950 bits per heavy atom. The summed E-state index contributed by atoms with van der Waals surface area (Å²) in [5, 5.41) is 10.8. The summed E-state index contributed by atoms with van der Waals surface area (Å²) in [6, 6.07) is 12.3. The maximum atomic E-state index is 4.31. The van der Waals surface area contributed by atoms with E-state index in [0.29, 0.717) is 0 Å². The van der Waals surface area contributed by atoms with E-state index in [0.717, 1.165) is 27.8 Å². The number of hydrogen-bond acceptors (Lipinski definition) is 3. The second kappa shape index (κ2) is 4.13. The van der Waals surface area contributed by atoms with Crippen LogP contribution in [0.15, 0.2) is 55.0 Å². The van der Waals surface area contributed by atoms with Gasteiger partial charge in [-0.05, 0) is 42.1 Å². The van der Waals surface area contributed by atoms with E-state index < -0.39 is 0 Å². The lowest BCUT2D eigenvalue weighted by Gasteiger charge is -2.02. The fourth-order valence-corrected chi connectivity index (χ4v) is 2.41. The van der Waals surface area contributed by atoms with Crippen LogP contribution in [0.2, 0.25) is 0 Å². The van der Waals surface area contributed by atoms with Crippen LogP contribution in [0.5, 0.6) is 0 Å². The van der Waals surface area contributed by atoms with E-state index in [9.17, 15) is 0 Å². The topological polar surface area (TPSA) is 43.1 Å².